The summed E-state index contributed by atoms with van der Waals surface area (Å²) in [5.41, 5.74) is 1.68. The maximum absolute atomic E-state index is 11.5. The number of benzene rings is 1. The standard InChI is InChI=1S/C10H5ClN4OS/c11-6-3-1-2-5(4-6)7-8-9(17-14-7)10(16)13-15-12-8/h1-4H,(H,12,13,16). The van der Waals surface area contributed by atoms with Gasteiger partial charge in [0.25, 0.3) is 5.56 Å². The summed E-state index contributed by atoms with van der Waals surface area (Å²) in [5, 5.41) is 10.3. The Morgan fingerprint density at radius 1 is 1.35 bits per heavy atom. The monoisotopic (exact) mass is 264 g/mol. The van der Waals surface area contributed by atoms with E-state index >= 15 is 0 Å². The number of aromatic nitrogens is 4. The second kappa shape index (κ2) is 3.90. The van der Waals surface area contributed by atoms with Gasteiger partial charge in [0.15, 0.2) is 0 Å². The molecule has 7 heteroatoms. The van der Waals surface area contributed by atoms with Gasteiger partial charge in [0.05, 0.1) is 0 Å². The second-order valence-corrected chi connectivity index (χ2v) is 4.57. The Morgan fingerprint density at radius 3 is 3.06 bits per heavy atom. The van der Waals surface area contributed by atoms with Gasteiger partial charge < -0.3 is 0 Å². The van der Waals surface area contributed by atoms with Gasteiger partial charge in [-0.05, 0) is 23.7 Å². The molecule has 0 aliphatic carbocycles. The van der Waals surface area contributed by atoms with Crippen molar-refractivity contribution >= 4 is 33.4 Å². The predicted molar refractivity (Wildman–Crippen MR) is 66.3 cm³/mol. The van der Waals surface area contributed by atoms with Crippen molar-refractivity contribution in [3.63, 3.8) is 0 Å². The van der Waals surface area contributed by atoms with Gasteiger partial charge in [-0.25, -0.2) is 5.10 Å². The summed E-state index contributed by atoms with van der Waals surface area (Å²) in [6.07, 6.45) is 0. The smallest absolute Gasteiger partial charge is 0.266 e. The molecule has 0 amide bonds. The molecular formula is C10H5ClN4OS. The highest BCUT2D eigenvalue weighted by atomic mass is 35.5. The molecule has 1 aromatic carbocycles. The van der Waals surface area contributed by atoms with Gasteiger partial charge in [-0.3, -0.25) is 4.79 Å². The van der Waals surface area contributed by atoms with E-state index in [4.69, 9.17) is 11.6 Å². The van der Waals surface area contributed by atoms with Crippen LogP contribution in [0.1, 0.15) is 0 Å². The van der Waals surface area contributed by atoms with Crippen LogP contribution in [-0.4, -0.2) is 19.8 Å². The van der Waals surface area contributed by atoms with E-state index in [9.17, 15) is 4.79 Å². The largest absolute Gasteiger partial charge is 0.286 e. The number of fused-ring (bicyclic) bond motifs is 1. The molecule has 0 aliphatic heterocycles. The Morgan fingerprint density at radius 2 is 2.24 bits per heavy atom. The molecule has 0 saturated carbocycles. The van der Waals surface area contributed by atoms with E-state index in [-0.39, 0.29) is 5.56 Å². The second-order valence-electron chi connectivity index (χ2n) is 3.36. The van der Waals surface area contributed by atoms with Gasteiger partial charge in [0, 0.05) is 10.6 Å². The normalized spacial score (nSPS) is 10.9. The first-order valence-electron chi connectivity index (χ1n) is 4.72. The lowest BCUT2D eigenvalue weighted by molar-refractivity contribution is 0.875. The first-order chi connectivity index (χ1) is 8.25. The summed E-state index contributed by atoms with van der Waals surface area (Å²) in [6, 6.07) is 7.24. The number of H-pyrrole nitrogens is 1. The first-order valence-corrected chi connectivity index (χ1v) is 5.87. The van der Waals surface area contributed by atoms with Gasteiger partial charge in [-0.2, -0.15) is 4.37 Å². The van der Waals surface area contributed by atoms with E-state index in [1.807, 2.05) is 12.1 Å². The van der Waals surface area contributed by atoms with Crippen LogP contribution in [0, 0.1) is 0 Å². The van der Waals surface area contributed by atoms with Crippen LogP contribution in [0.2, 0.25) is 5.02 Å². The molecule has 0 saturated heterocycles. The predicted octanol–water partition coefficient (Wildman–Crippen LogP) is 2.09. The SMILES string of the molecule is O=c1[nH]nnc2c(-c3cccc(Cl)c3)nsc12. The first kappa shape index (κ1) is 10.4. The van der Waals surface area contributed by atoms with Crippen LogP contribution in [0.15, 0.2) is 29.1 Å². The Hall–Kier alpha value is -1.79. The average Bonchev–Trinajstić information content (AvgIpc) is 2.74. The summed E-state index contributed by atoms with van der Waals surface area (Å²) < 4.78 is 4.70. The third-order valence-electron chi connectivity index (χ3n) is 2.27. The van der Waals surface area contributed by atoms with Crippen LogP contribution < -0.4 is 5.56 Å². The molecule has 0 aliphatic rings. The fourth-order valence-electron chi connectivity index (χ4n) is 1.52. The number of hydrogen-bond acceptors (Lipinski definition) is 5. The molecule has 0 unspecified atom stereocenters. The summed E-state index contributed by atoms with van der Waals surface area (Å²) in [7, 11) is 0. The number of halogens is 1. The molecule has 0 fully saturated rings. The van der Waals surface area contributed by atoms with E-state index < -0.39 is 0 Å². The minimum atomic E-state index is -0.277. The number of nitrogens with one attached hydrogen (secondary N) is 1. The van der Waals surface area contributed by atoms with E-state index in [1.54, 1.807) is 12.1 Å². The zero-order valence-electron chi connectivity index (χ0n) is 8.35. The van der Waals surface area contributed by atoms with Crippen molar-refractivity contribution in [3.8, 4) is 11.3 Å². The minimum Gasteiger partial charge on any atom is -0.266 e. The van der Waals surface area contributed by atoms with E-state index in [1.165, 1.54) is 0 Å². The number of hydrogen-bond donors (Lipinski definition) is 1. The van der Waals surface area contributed by atoms with E-state index in [2.05, 4.69) is 19.8 Å². The van der Waals surface area contributed by atoms with Crippen LogP contribution in [-0.2, 0) is 0 Å². The lowest BCUT2D eigenvalue weighted by Crippen LogP contribution is -2.07. The summed E-state index contributed by atoms with van der Waals surface area (Å²) in [5.74, 6) is 0. The van der Waals surface area contributed by atoms with Crippen LogP contribution >= 0.6 is 23.1 Å². The van der Waals surface area contributed by atoms with Crippen molar-refractivity contribution in [2.24, 2.45) is 0 Å². The Labute approximate surface area is 104 Å². The topological polar surface area (TPSA) is 71.5 Å². The Kier molecular flexibility index (Phi) is 2.38. The van der Waals surface area contributed by atoms with Crippen molar-refractivity contribution in [1.29, 1.82) is 0 Å². The van der Waals surface area contributed by atoms with Gasteiger partial charge >= 0.3 is 0 Å². The van der Waals surface area contributed by atoms with Crippen LogP contribution in [0.4, 0.5) is 0 Å². The highest BCUT2D eigenvalue weighted by Gasteiger charge is 2.12. The van der Waals surface area contributed by atoms with Gasteiger partial charge in [-0.1, -0.05) is 28.9 Å². The van der Waals surface area contributed by atoms with Crippen molar-refractivity contribution in [2.45, 2.75) is 0 Å². The zero-order valence-corrected chi connectivity index (χ0v) is 9.92. The highest BCUT2D eigenvalue weighted by molar-refractivity contribution is 7.13. The Balaban J connectivity index is 2.32. The van der Waals surface area contributed by atoms with Crippen molar-refractivity contribution < 1.29 is 0 Å². The molecule has 5 nitrogen and oxygen atoms in total. The van der Waals surface area contributed by atoms with E-state index in [0.29, 0.717) is 20.9 Å². The minimum absolute atomic E-state index is 0.277. The van der Waals surface area contributed by atoms with Gasteiger partial charge in [0.2, 0.25) is 0 Å². The average molecular weight is 265 g/mol. The molecule has 2 heterocycles. The van der Waals surface area contributed by atoms with Crippen LogP contribution in [0.5, 0.6) is 0 Å². The molecule has 2 aromatic heterocycles. The molecular weight excluding hydrogens is 260 g/mol. The van der Waals surface area contributed by atoms with Crippen molar-refractivity contribution in [2.75, 3.05) is 0 Å². The van der Waals surface area contributed by atoms with Crippen LogP contribution in [0.3, 0.4) is 0 Å². The number of rotatable bonds is 1. The Bertz CT molecular complexity index is 751. The fraction of sp³-hybridized carbons (Fsp3) is 0. The van der Waals surface area contributed by atoms with Crippen molar-refractivity contribution in [1.82, 2.24) is 19.8 Å². The van der Waals surface area contributed by atoms with E-state index in [0.717, 1.165) is 17.1 Å². The summed E-state index contributed by atoms with van der Waals surface area (Å²) >= 11 is 7.02. The zero-order chi connectivity index (χ0) is 11.8. The molecule has 0 spiro atoms. The van der Waals surface area contributed by atoms with Gasteiger partial charge in [-0.15, -0.1) is 5.10 Å². The number of nitrogens with zero attached hydrogens (tertiary/aromatic N) is 3. The maximum Gasteiger partial charge on any atom is 0.286 e. The summed E-state index contributed by atoms with van der Waals surface area (Å²) in [6.45, 7) is 0. The molecule has 84 valence electrons. The highest BCUT2D eigenvalue weighted by Crippen LogP contribution is 2.28. The lowest BCUT2D eigenvalue weighted by atomic mass is 10.1. The molecule has 0 radical (unpaired) electrons. The van der Waals surface area contributed by atoms with Crippen molar-refractivity contribution in [3.05, 3.63) is 39.6 Å². The van der Waals surface area contributed by atoms with Gasteiger partial charge in [0.1, 0.15) is 15.9 Å². The molecule has 1 N–H and O–H groups in total. The molecule has 0 atom stereocenters. The molecule has 3 rings (SSSR count). The quantitative estimate of drug-likeness (QED) is 0.731. The fourth-order valence-corrected chi connectivity index (χ4v) is 2.44. The third-order valence-corrected chi connectivity index (χ3v) is 3.34. The molecule has 0 bridgehead atoms. The third kappa shape index (κ3) is 1.71. The summed E-state index contributed by atoms with van der Waals surface area (Å²) in [4.78, 5) is 11.5. The number of aromatic amines is 1. The molecule has 3 aromatic rings. The lowest BCUT2D eigenvalue weighted by Gasteiger charge is -1.97. The maximum atomic E-state index is 11.5. The van der Waals surface area contributed by atoms with Crippen LogP contribution in [0.25, 0.3) is 21.5 Å². The molecule has 17 heavy (non-hydrogen) atoms.